The summed E-state index contributed by atoms with van der Waals surface area (Å²) in [6.07, 6.45) is 0. The first-order chi connectivity index (χ1) is 8.56. The molecule has 2 aromatic heterocycles. The molecule has 94 valence electrons. The Balaban J connectivity index is 1.97. The number of hydrogen-bond acceptors (Lipinski definition) is 5. The molecule has 0 spiro atoms. The summed E-state index contributed by atoms with van der Waals surface area (Å²) in [6, 6.07) is 5.06. The summed E-state index contributed by atoms with van der Waals surface area (Å²) in [5.74, 6) is 0.452. The van der Waals surface area contributed by atoms with Gasteiger partial charge >= 0.3 is 0 Å². The Morgan fingerprint density at radius 2 is 2.11 bits per heavy atom. The van der Waals surface area contributed by atoms with Gasteiger partial charge in [-0.25, -0.2) is 0 Å². The van der Waals surface area contributed by atoms with Gasteiger partial charge in [0.25, 0.3) is 5.91 Å². The Labute approximate surface area is 108 Å². The maximum atomic E-state index is 11.8. The van der Waals surface area contributed by atoms with Gasteiger partial charge in [0.1, 0.15) is 11.5 Å². The van der Waals surface area contributed by atoms with Crippen LogP contribution in [-0.4, -0.2) is 16.8 Å². The first-order valence-corrected chi connectivity index (χ1v) is 6.19. The minimum absolute atomic E-state index is 0.0359. The van der Waals surface area contributed by atoms with Gasteiger partial charge in [0, 0.05) is 6.07 Å². The molecular formula is C12H12N2O3S. The number of Topliss-reactive ketones (excluding diaryl/α,β-unsaturated/α-hetero) is 1. The molecule has 1 N–H and O–H groups in total. The first kappa shape index (κ1) is 12.5. The van der Waals surface area contributed by atoms with Crippen LogP contribution in [0.5, 0.6) is 0 Å². The molecule has 0 unspecified atom stereocenters. The number of thiophene rings is 1. The number of carbonyl (C=O) groups is 2. The molecule has 18 heavy (non-hydrogen) atoms. The predicted octanol–water partition coefficient (Wildman–Crippen LogP) is 2.18. The number of ketones is 1. The fourth-order valence-corrected chi connectivity index (χ4v) is 2.23. The van der Waals surface area contributed by atoms with E-state index in [9.17, 15) is 9.59 Å². The standard InChI is InChI=1S/C12H12N2O3S/c1-7-5-9(14-17-7)6-13-12(16)11-4-3-10(18-11)8(2)15/h3-5H,6H2,1-2H3,(H,13,16). The van der Waals surface area contributed by atoms with Crippen LogP contribution in [0.4, 0.5) is 0 Å². The third kappa shape index (κ3) is 2.84. The molecule has 2 aromatic rings. The highest BCUT2D eigenvalue weighted by atomic mass is 32.1. The van der Waals surface area contributed by atoms with E-state index in [1.54, 1.807) is 25.1 Å². The lowest BCUT2D eigenvalue weighted by Crippen LogP contribution is -2.21. The number of amides is 1. The molecule has 2 rings (SSSR count). The molecule has 0 saturated heterocycles. The quantitative estimate of drug-likeness (QED) is 0.859. The first-order valence-electron chi connectivity index (χ1n) is 5.37. The van der Waals surface area contributed by atoms with Crippen molar-refractivity contribution in [1.29, 1.82) is 0 Å². The van der Waals surface area contributed by atoms with Gasteiger partial charge in [0.15, 0.2) is 5.78 Å². The van der Waals surface area contributed by atoms with Crippen molar-refractivity contribution >= 4 is 23.0 Å². The molecule has 0 aliphatic rings. The molecule has 0 aromatic carbocycles. The highest BCUT2D eigenvalue weighted by Gasteiger charge is 2.11. The van der Waals surface area contributed by atoms with Crippen LogP contribution in [0.3, 0.4) is 0 Å². The van der Waals surface area contributed by atoms with E-state index in [0.717, 1.165) is 0 Å². The van der Waals surface area contributed by atoms with Crippen LogP contribution >= 0.6 is 11.3 Å². The van der Waals surface area contributed by atoms with Crippen molar-refractivity contribution in [2.75, 3.05) is 0 Å². The summed E-state index contributed by atoms with van der Waals surface area (Å²) >= 11 is 1.18. The molecule has 6 heteroatoms. The Morgan fingerprint density at radius 1 is 1.39 bits per heavy atom. The van der Waals surface area contributed by atoms with Gasteiger partial charge in [-0.05, 0) is 26.0 Å². The van der Waals surface area contributed by atoms with Crippen molar-refractivity contribution in [3.8, 4) is 0 Å². The van der Waals surface area contributed by atoms with Crippen LogP contribution in [-0.2, 0) is 6.54 Å². The number of carbonyl (C=O) groups excluding carboxylic acids is 2. The lowest BCUT2D eigenvalue weighted by atomic mass is 10.3. The second-order valence-corrected chi connectivity index (χ2v) is 4.92. The number of aryl methyl sites for hydroxylation is 1. The summed E-state index contributed by atoms with van der Waals surface area (Å²) in [4.78, 5) is 24.0. The van der Waals surface area contributed by atoms with Gasteiger partial charge in [0.05, 0.1) is 16.3 Å². The van der Waals surface area contributed by atoms with Gasteiger partial charge in [-0.1, -0.05) is 5.16 Å². The molecule has 2 heterocycles. The number of hydrogen-bond donors (Lipinski definition) is 1. The second-order valence-electron chi connectivity index (χ2n) is 3.83. The van der Waals surface area contributed by atoms with E-state index in [4.69, 9.17) is 4.52 Å². The Hall–Kier alpha value is -1.95. The molecule has 0 radical (unpaired) electrons. The summed E-state index contributed by atoms with van der Waals surface area (Å²) in [6.45, 7) is 3.58. The van der Waals surface area contributed by atoms with E-state index in [-0.39, 0.29) is 11.7 Å². The predicted molar refractivity (Wildman–Crippen MR) is 66.7 cm³/mol. The molecule has 5 nitrogen and oxygen atoms in total. The second kappa shape index (κ2) is 5.14. The fraction of sp³-hybridized carbons (Fsp3) is 0.250. The van der Waals surface area contributed by atoms with Crippen LogP contribution in [0.2, 0.25) is 0 Å². The molecule has 1 amide bonds. The largest absolute Gasteiger partial charge is 0.361 e. The normalized spacial score (nSPS) is 10.3. The van der Waals surface area contributed by atoms with Crippen molar-refractivity contribution in [2.45, 2.75) is 20.4 Å². The van der Waals surface area contributed by atoms with Gasteiger partial charge < -0.3 is 9.84 Å². The van der Waals surface area contributed by atoms with Gasteiger partial charge in [0.2, 0.25) is 0 Å². The Morgan fingerprint density at radius 3 is 2.67 bits per heavy atom. The highest BCUT2D eigenvalue weighted by Crippen LogP contribution is 2.16. The van der Waals surface area contributed by atoms with Gasteiger partial charge in [-0.15, -0.1) is 11.3 Å². The molecule has 0 aliphatic heterocycles. The third-order valence-corrected chi connectivity index (χ3v) is 3.47. The molecule has 0 aliphatic carbocycles. The summed E-state index contributed by atoms with van der Waals surface area (Å²) < 4.78 is 4.89. The van der Waals surface area contributed by atoms with Crippen molar-refractivity contribution in [3.05, 3.63) is 39.4 Å². The smallest absolute Gasteiger partial charge is 0.261 e. The fourth-order valence-electron chi connectivity index (χ4n) is 1.41. The van der Waals surface area contributed by atoms with Gasteiger partial charge in [-0.2, -0.15) is 0 Å². The van der Waals surface area contributed by atoms with Crippen molar-refractivity contribution in [2.24, 2.45) is 0 Å². The van der Waals surface area contributed by atoms with Crippen molar-refractivity contribution in [3.63, 3.8) is 0 Å². The number of rotatable bonds is 4. The van der Waals surface area contributed by atoms with Crippen LogP contribution in [0.25, 0.3) is 0 Å². The van der Waals surface area contributed by atoms with E-state index in [1.165, 1.54) is 18.3 Å². The molecule has 0 saturated carbocycles. The third-order valence-electron chi connectivity index (χ3n) is 2.28. The number of nitrogens with one attached hydrogen (secondary N) is 1. The maximum absolute atomic E-state index is 11.8. The molecular weight excluding hydrogens is 252 g/mol. The lowest BCUT2D eigenvalue weighted by Gasteiger charge is -1.99. The van der Waals surface area contributed by atoms with E-state index in [1.807, 2.05) is 0 Å². The summed E-state index contributed by atoms with van der Waals surface area (Å²) in [5.41, 5.74) is 0.671. The number of nitrogens with zero attached hydrogens (tertiary/aromatic N) is 1. The minimum Gasteiger partial charge on any atom is -0.361 e. The number of aromatic nitrogens is 1. The average molecular weight is 264 g/mol. The molecule has 0 bridgehead atoms. The van der Waals surface area contributed by atoms with Crippen LogP contribution in [0.15, 0.2) is 22.7 Å². The van der Waals surface area contributed by atoms with E-state index < -0.39 is 0 Å². The zero-order valence-corrected chi connectivity index (χ0v) is 10.8. The van der Waals surface area contributed by atoms with Crippen LogP contribution in [0.1, 0.15) is 37.7 Å². The summed E-state index contributed by atoms with van der Waals surface area (Å²) in [5, 5.41) is 6.49. The maximum Gasteiger partial charge on any atom is 0.261 e. The zero-order chi connectivity index (χ0) is 13.1. The Bertz CT molecular complexity index is 586. The highest BCUT2D eigenvalue weighted by molar-refractivity contribution is 7.15. The van der Waals surface area contributed by atoms with E-state index >= 15 is 0 Å². The van der Waals surface area contributed by atoms with Crippen LogP contribution in [0, 0.1) is 6.92 Å². The van der Waals surface area contributed by atoms with Crippen LogP contribution < -0.4 is 5.32 Å². The SMILES string of the molecule is CC(=O)c1ccc(C(=O)NCc2cc(C)on2)s1. The van der Waals surface area contributed by atoms with E-state index in [0.29, 0.717) is 27.8 Å². The minimum atomic E-state index is -0.215. The lowest BCUT2D eigenvalue weighted by molar-refractivity contribution is 0.0953. The summed E-state index contributed by atoms with van der Waals surface area (Å²) in [7, 11) is 0. The monoisotopic (exact) mass is 264 g/mol. The average Bonchev–Trinajstić information content (AvgIpc) is 2.94. The van der Waals surface area contributed by atoms with Crippen molar-refractivity contribution < 1.29 is 14.1 Å². The molecule has 0 atom stereocenters. The topological polar surface area (TPSA) is 72.2 Å². The zero-order valence-electron chi connectivity index (χ0n) is 10.0. The molecule has 0 fully saturated rings. The van der Waals surface area contributed by atoms with Crippen molar-refractivity contribution in [1.82, 2.24) is 10.5 Å². The van der Waals surface area contributed by atoms with Gasteiger partial charge in [-0.3, -0.25) is 9.59 Å². The Kier molecular flexibility index (Phi) is 3.57. The van der Waals surface area contributed by atoms with E-state index in [2.05, 4.69) is 10.5 Å².